The van der Waals surface area contributed by atoms with Gasteiger partial charge >= 0.3 is 0 Å². The van der Waals surface area contributed by atoms with E-state index in [4.69, 9.17) is 27.9 Å². The molecule has 130 valence electrons. The number of methoxy groups -OCH3 is 1. The van der Waals surface area contributed by atoms with Crippen LogP contribution in [0.1, 0.15) is 23.5 Å². The minimum absolute atomic E-state index is 0.289. The lowest BCUT2D eigenvalue weighted by atomic mass is 9.91. The summed E-state index contributed by atoms with van der Waals surface area (Å²) in [5.74, 6) is 1.20. The number of nitrogens with zero attached hydrogens (tertiary/aromatic N) is 2. The summed E-state index contributed by atoms with van der Waals surface area (Å²) in [6.07, 6.45) is 7.44. The summed E-state index contributed by atoms with van der Waals surface area (Å²) in [5.41, 5.74) is 2.31. The molecule has 0 N–H and O–H groups in total. The van der Waals surface area contributed by atoms with Gasteiger partial charge in [-0.2, -0.15) is 0 Å². The number of halogens is 2. The summed E-state index contributed by atoms with van der Waals surface area (Å²) in [6, 6.07) is 13.9. The Hall–Kier alpha value is -1.97. The number of hydrogen-bond acceptors (Lipinski definition) is 2. The second-order valence-electron chi connectivity index (χ2n) is 5.97. The van der Waals surface area contributed by atoms with Gasteiger partial charge in [0.05, 0.1) is 13.4 Å². The summed E-state index contributed by atoms with van der Waals surface area (Å²) in [6.45, 7) is 0.839. The third kappa shape index (κ3) is 4.56. The number of ether oxygens (including phenoxy) is 1. The predicted molar refractivity (Wildman–Crippen MR) is 103 cm³/mol. The van der Waals surface area contributed by atoms with E-state index in [1.807, 2.05) is 42.9 Å². The number of para-hydroxylation sites is 1. The third-order valence-electron chi connectivity index (χ3n) is 4.35. The molecule has 1 unspecified atom stereocenters. The third-order valence-corrected chi connectivity index (χ3v) is 4.93. The first-order chi connectivity index (χ1) is 12.2. The van der Waals surface area contributed by atoms with Crippen molar-refractivity contribution >= 4 is 23.2 Å². The SMILES string of the molecule is COc1ccccc1C(CCc1ccc(Cl)cc1Cl)Cn1ccnc1. The highest BCUT2D eigenvalue weighted by molar-refractivity contribution is 6.35. The van der Waals surface area contributed by atoms with Crippen molar-refractivity contribution in [1.29, 1.82) is 0 Å². The van der Waals surface area contributed by atoms with Gasteiger partial charge in [-0.25, -0.2) is 4.98 Å². The van der Waals surface area contributed by atoms with Crippen LogP contribution in [0.5, 0.6) is 5.75 Å². The topological polar surface area (TPSA) is 27.1 Å². The molecule has 3 rings (SSSR count). The highest BCUT2D eigenvalue weighted by Crippen LogP contribution is 2.32. The Labute approximate surface area is 158 Å². The van der Waals surface area contributed by atoms with E-state index in [-0.39, 0.29) is 5.92 Å². The highest BCUT2D eigenvalue weighted by Gasteiger charge is 2.17. The lowest BCUT2D eigenvalue weighted by Gasteiger charge is -2.21. The maximum Gasteiger partial charge on any atom is 0.122 e. The smallest absolute Gasteiger partial charge is 0.122 e. The molecule has 0 bridgehead atoms. The fraction of sp³-hybridized carbons (Fsp3) is 0.250. The standard InChI is InChI=1S/C20H20Cl2N2O/c1-25-20-5-3-2-4-18(20)16(13-24-11-10-23-14-24)7-6-15-8-9-17(21)12-19(15)22/h2-5,8-12,14,16H,6-7,13H2,1H3. The van der Waals surface area contributed by atoms with E-state index >= 15 is 0 Å². The first-order valence-electron chi connectivity index (χ1n) is 8.20. The molecule has 0 aliphatic heterocycles. The second kappa shape index (κ2) is 8.41. The summed E-state index contributed by atoms with van der Waals surface area (Å²) >= 11 is 12.3. The number of rotatable bonds is 7. The predicted octanol–water partition coefficient (Wildman–Crippen LogP) is 5.62. The van der Waals surface area contributed by atoms with E-state index < -0.39 is 0 Å². The number of imidazole rings is 1. The molecule has 2 aromatic carbocycles. The van der Waals surface area contributed by atoms with Crippen LogP contribution in [0, 0.1) is 0 Å². The maximum absolute atomic E-state index is 6.34. The van der Waals surface area contributed by atoms with Crippen molar-refractivity contribution in [1.82, 2.24) is 9.55 Å². The van der Waals surface area contributed by atoms with Crippen molar-refractivity contribution in [2.24, 2.45) is 0 Å². The summed E-state index contributed by atoms with van der Waals surface area (Å²) < 4.78 is 7.67. The van der Waals surface area contributed by atoms with Crippen molar-refractivity contribution in [2.45, 2.75) is 25.3 Å². The summed E-state index contributed by atoms with van der Waals surface area (Å²) in [4.78, 5) is 4.15. The van der Waals surface area contributed by atoms with E-state index in [0.717, 1.165) is 30.7 Å². The van der Waals surface area contributed by atoms with Gasteiger partial charge in [0.1, 0.15) is 5.75 Å². The maximum atomic E-state index is 6.34. The van der Waals surface area contributed by atoms with Crippen molar-refractivity contribution in [3.05, 3.63) is 82.4 Å². The van der Waals surface area contributed by atoms with Crippen molar-refractivity contribution in [3.63, 3.8) is 0 Å². The van der Waals surface area contributed by atoms with Gasteiger partial charge in [0, 0.05) is 34.9 Å². The minimum Gasteiger partial charge on any atom is -0.496 e. The molecule has 0 amide bonds. The van der Waals surface area contributed by atoms with E-state index in [9.17, 15) is 0 Å². The van der Waals surface area contributed by atoms with Gasteiger partial charge in [0.25, 0.3) is 0 Å². The monoisotopic (exact) mass is 374 g/mol. The molecule has 0 spiro atoms. The van der Waals surface area contributed by atoms with Crippen LogP contribution in [0.4, 0.5) is 0 Å². The zero-order valence-electron chi connectivity index (χ0n) is 14.0. The van der Waals surface area contributed by atoms with Gasteiger partial charge in [0.2, 0.25) is 0 Å². The van der Waals surface area contributed by atoms with Crippen LogP contribution in [0.15, 0.2) is 61.2 Å². The Morgan fingerprint density at radius 1 is 1.16 bits per heavy atom. The van der Waals surface area contributed by atoms with E-state index in [0.29, 0.717) is 10.0 Å². The van der Waals surface area contributed by atoms with Crippen LogP contribution in [-0.2, 0) is 13.0 Å². The highest BCUT2D eigenvalue weighted by atomic mass is 35.5. The van der Waals surface area contributed by atoms with Gasteiger partial charge in [-0.3, -0.25) is 0 Å². The average molecular weight is 375 g/mol. The Bertz CT molecular complexity index is 818. The molecule has 25 heavy (non-hydrogen) atoms. The first-order valence-corrected chi connectivity index (χ1v) is 8.95. The number of benzene rings is 2. The molecule has 3 nitrogen and oxygen atoms in total. The minimum atomic E-state index is 0.289. The Kier molecular flexibility index (Phi) is 6.00. The van der Waals surface area contributed by atoms with Crippen LogP contribution in [0.2, 0.25) is 10.0 Å². The zero-order chi connectivity index (χ0) is 17.6. The molecule has 0 radical (unpaired) electrons. The number of hydrogen-bond donors (Lipinski definition) is 0. The van der Waals surface area contributed by atoms with Gasteiger partial charge in [-0.1, -0.05) is 47.5 Å². The molecule has 3 aromatic rings. The molecule has 5 heteroatoms. The van der Waals surface area contributed by atoms with Gasteiger partial charge < -0.3 is 9.30 Å². The van der Waals surface area contributed by atoms with Crippen molar-refractivity contribution < 1.29 is 4.74 Å². The molecule has 0 aliphatic carbocycles. The van der Waals surface area contributed by atoms with Gasteiger partial charge in [-0.05, 0) is 42.2 Å². The van der Waals surface area contributed by atoms with Crippen LogP contribution >= 0.6 is 23.2 Å². The van der Waals surface area contributed by atoms with Gasteiger partial charge in [0.15, 0.2) is 0 Å². The Balaban J connectivity index is 1.83. The summed E-state index contributed by atoms with van der Waals surface area (Å²) in [7, 11) is 1.71. The zero-order valence-corrected chi connectivity index (χ0v) is 15.5. The number of aryl methyl sites for hydroxylation is 1. The normalized spacial score (nSPS) is 12.1. The van der Waals surface area contributed by atoms with Crippen molar-refractivity contribution in [2.75, 3.05) is 7.11 Å². The van der Waals surface area contributed by atoms with Crippen LogP contribution in [-0.4, -0.2) is 16.7 Å². The average Bonchev–Trinajstić information content (AvgIpc) is 3.13. The molecular weight excluding hydrogens is 355 g/mol. The van der Waals surface area contributed by atoms with Crippen LogP contribution in [0.3, 0.4) is 0 Å². The van der Waals surface area contributed by atoms with Crippen LogP contribution in [0.25, 0.3) is 0 Å². The quantitative estimate of drug-likeness (QED) is 0.536. The Morgan fingerprint density at radius 3 is 2.72 bits per heavy atom. The molecule has 1 heterocycles. The van der Waals surface area contributed by atoms with E-state index in [1.54, 1.807) is 19.4 Å². The van der Waals surface area contributed by atoms with Crippen LogP contribution < -0.4 is 4.74 Å². The van der Waals surface area contributed by atoms with Crippen molar-refractivity contribution in [3.8, 4) is 5.75 Å². The fourth-order valence-corrected chi connectivity index (χ4v) is 3.56. The first kappa shape index (κ1) is 17.8. The lowest BCUT2D eigenvalue weighted by molar-refractivity contribution is 0.398. The molecule has 0 aliphatic rings. The summed E-state index contributed by atoms with van der Waals surface area (Å²) in [5, 5.41) is 1.38. The molecule has 0 saturated carbocycles. The van der Waals surface area contributed by atoms with Gasteiger partial charge in [-0.15, -0.1) is 0 Å². The second-order valence-corrected chi connectivity index (χ2v) is 6.82. The lowest BCUT2D eigenvalue weighted by Crippen LogP contribution is -2.11. The largest absolute Gasteiger partial charge is 0.496 e. The molecule has 0 fully saturated rings. The molecule has 1 aromatic heterocycles. The Morgan fingerprint density at radius 2 is 2.00 bits per heavy atom. The molecule has 1 atom stereocenters. The number of aromatic nitrogens is 2. The van der Waals surface area contributed by atoms with E-state index in [2.05, 4.69) is 15.6 Å². The molecule has 0 saturated heterocycles. The fourth-order valence-electron chi connectivity index (χ4n) is 3.05. The van der Waals surface area contributed by atoms with E-state index in [1.165, 1.54) is 5.56 Å². The molecular formula is C20H20Cl2N2O.